The van der Waals surface area contributed by atoms with Gasteiger partial charge in [0.05, 0.1) is 58.5 Å². The molecule has 22 N–H and O–H groups in total. The number of aliphatic hydroxyl groups excluding tert-OH is 21. The minimum absolute atomic E-state index is 0.0388. The number of aliphatic hydroxyl groups is 21. The van der Waals surface area contributed by atoms with Crippen molar-refractivity contribution in [3.05, 3.63) is 29.3 Å². The molecule has 101 heavy (non-hydrogen) atoms. The molecule has 580 valence electrons. The molecular formula is C64H102O37. The Morgan fingerprint density at radius 1 is 0.396 bits per heavy atom. The molecule has 25 rings (SSSR count). The topological polar surface area (TPSA) is 584 Å². The van der Waals surface area contributed by atoms with E-state index < -0.39 is 268 Å². The summed E-state index contributed by atoms with van der Waals surface area (Å²) in [6.07, 6.45) is -57.7. The molecule has 37 nitrogen and oxygen atoms in total. The lowest BCUT2D eigenvalue weighted by Gasteiger charge is -2.50. The molecular weight excluding hydrogens is 1360 g/mol. The highest BCUT2D eigenvalue weighted by molar-refractivity contribution is 5.40. The fourth-order valence-corrected chi connectivity index (χ4v) is 16.7. The van der Waals surface area contributed by atoms with E-state index in [1.807, 2.05) is 12.1 Å². The van der Waals surface area contributed by atoms with Gasteiger partial charge in [-0.3, -0.25) is 0 Å². The SMILES string of the molecule is C[C@@H]1[C@@H](O)[C@H]2O[C@H]3[C@H](O)[C@@H](O)[C@@H](O[C@H]4[C@H](O)[C@@H](O)[C@@H](O[C@H]5[C@H](O)[C@@H](O)[C@@H](O[C@H]6[C@H](O)[C@@H](O)[C@@H](O[C@H]7[C@H](O)[C@@H](OCCCO)[C@@H](O[C@H]8[C@H](O)[C@@H](O)[C@@H](O[C@@H]1[C@@H](CO)O2)O[C@@H]8CO)O[C@@H]7CO)O[C@@H]6CO)O[C@@H]5CO)O[C@@H]4CO)O[C@@H]3CO.C[C@]12CC[C@@H]3c4ccc(O)cc4CC[C@H]3[C@@H]1CC[C@@H]2O. The standard InChI is InChI=1S/C46H78O35.C18H24O2/c1-12-20(55)40-68-13(5-48)32(12)75-41-26(61)25(60)37(18(10-53)69-41)81-46-39(67-4-2-3-47)31(66)38(19(11-54)74-46)80-45-30(65)24(59)36(17(9-52)73-45)79-44-29(64)23(58)35(16(8-51)72-44)78-43-28(63)22(57)34(15(7-50)71-43)77-42-27(62)21(56)33(76-40)14(6-49)70-42;1-18-9-8-14-13-5-3-12(19)10-11(13)2-4-15(14)16(18)6-7-17(18)20/h12-66H,2-11H2,1H3;3,5,10,14-17,19-20H,2,4,6-9H2,1H3/t12-,13-,14-,15-,16-,17-,18-,19-,20-,21-,22-,23-,24-,25-,26-,27-,28-,29-,30-,31+,32+,33-,34-,35-,36-,37-,38-,39-,40-,41-,42-,43-,44-,45-,46-;14-,15-,16+,17+,18+/m11/s1. The van der Waals surface area contributed by atoms with Gasteiger partial charge in [0.2, 0.25) is 0 Å². The van der Waals surface area contributed by atoms with E-state index in [0.717, 1.165) is 25.2 Å². The summed E-state index contributed by atoms with van der Waals surface area (Å²) in [4.78, 5) is 0. The van der Waals surface area contributed by atoms with Crippen LogP contribution in [0, 0.1) is 23.2 Å². The highest BCUT2D eigenvalue weighted by Crippen LogP contribution is 2.61. The first-order chi connectivity index (χ1) is 48.3. The second kappa shape index (κ2) is 34.0. The molecule has 37 heteroatoms. The van der Waals surface area contributed by atoms with Gasteiger partial charge >= 0.3 is 0 Å². The average molecular weight is 1460 g/mol. The summed E-state index contributed by atoms with van der Waals surface area (Å²) >= 11 is 0. The first-order valence-corrected chi connectivity index (χ1v) is 34.6. The van der Waals surface area contributed by atoms with Crippen molar-refractivity contribution in [3.63, 3.8) is 0 Å². The third-order valence-electron chi connectivity index (χ3n) is 22.4. The molecule has 24 aliphatic rings. The predicted octanol–water partition coefficient (Wildman–Crippen LogP) is -9.94. The highest BCUT2D eigenvalue weighted by Gasteiger charge is 2.61. The molecule has 0 unspecified atom stereocenters. The summed E-state index contributed by atoms with van der Waals surface area (Å²) in [7, 11) is 0. The Balaban J connectivity index is 0.000000433. The molecule has 0 aromatic heterocycles. The fourth-order valence-electron chi connectivity index (χ4n) is 16.7. The van der Waals surface area contributed by atoms with Crippen molar-refractivity contribution < 1.29 is 183 Å². The zero-order valence-corrected chi connectivity index (χ0v) is 55.5. The van der Waals surface area contributed by atoms with Gasteiger partial charge in [0.1, 0.15) is 164 Å². The lowest BCUT2D eigenvalue weighted by Crippen LogP contribution is -2.68. The van der Waals surface area contributed by atoms with Gasteiger partial charge in [0, 0.05) is 19.1 Å². The number of phenols is 1. The summed E-state index contributed by atoms with van der Waals surface area (Å²) < 4.78 is 87.6. The lowest BCUT2D eigenvalue weighted by atomic mass is 9.55. The van der Waals surface area contributed by atoms with Gasteiger partial charge in [-0.15, -0.1) is 0 Å². The van der Waals surface area contributed by atoms with Crippen LogP contribution in [0.3, 0.4) is 0 Å². The van der Waals surface area contributed by atoms with E-state index in [2.05, 4.69) is 13.0 Å². The number of ether oxygens (including phenoxy) is 15. The maximum Gasteiger partial charge on any atom is 0.187 e. The van der Waals surface area contributed by atoms with Crippen molar-refractivity contribution in [1.82, 2.24) is 0 Å². The normalized spacial score (nSPS) is 51.1. The lowest BCUT2D eigenvalue weighted by molar-refractivity contribution is -0.397. The Hall–Kier alpha value is -2.42. The molecule has 0 spiro atoms. The summed E-state index contributed by atoms with van der Waals surface area (Å²) in [5, 5.41) is 241. The quantitative estimate of drug-likeness (QED) is 0.0915. The van der Waals surface area contributed by atoms with Gasteiger partial charge in [-0.25, -0.2) is 0 Å². The molecule has 40 atom stereocenters. The average Bonchev–Trinajstić information content (AvgIpc) is 1.68. The van der Waals surface area contributed by atoms with Gasteiger partial charge in [0.15, 0.2) is 44.0 Å². The van der Waals surface area contributed by atoms with Gasteiger partial charge in [-0.05, 0) is 91.4 Å². The van der Waals surface area contributed by atoms with Crippen molar-refractivity contribution in [1.29, 1.82) is 0 Å². The molecule has 23 fully saturated rings. The molecule has 0 amide bonds. The van der Waals surface area contributed by atoms with Crippen LogP contribution in [0.15, 0.2) is 18.2 Å². The molecule has 0 radical (unpaired) electrons. The molecule has 2 saturated carbocycles. The largest absolute Gasteiger partial charge is 0.508 e. The zero-order valence-electron chi connectivity index (χ0n) is 55.5. The van der Waals surface area contributed by atoms with E-state index in [4.69, 9.17) is 71.1 Å². The van der Waals surface area contributed by atoms with Crippen molar-refractivity contribution in [2.45, 2.75) is 280 Å². The van der Waals surface area contributed by atoms with Gasteiger partial charge in [0.25, 0.3) is 0 Å². The van der Waals surface area contributed by atoms with Crippen molar-refractivity contribution in [2.75, 3.05) is 59.5 Å². The van der Waals surface area contributed by atoms with Crippen LogP contribution in [-0.4, -0.2) is 387 Å². The number of rotatable bonds is 11. The molecule has 14 bridgehead atoms. The predicted molar refractivity (Wildman–Crippen MR) is 326 cm³/mol. The third-order valence-corrected chi connectivity index (χ3v) is 22.4. The number of aryl methyl sites for hydroxylation is 1. The summed E-state index contributed by atoms with van der Waals surface area (Å²) in [5.41, 5.74) is 2.99. The van der Waals surface area contributed by atoms with Crippen molar-refractivity contribution >= 4 is 0 Å². The van der Waals surface area contributed by atoms with E-state index in [-0.39, 0.29) is 24.5 Å². The second-order valence-electron chi connectivity index (χ2n) is 28.4. The van der Waals surface area contributed by atoms with Crippen LogP contribution >= 0.6 is 0 Å². The third kappa shape index (κ3) is 15.8. The summed E-state index contributed by atoms with van der Waals surface area (Å²) in [6.45, 7) is -3.96. The van der Waals surface area contributed by atoms with Gasteiger partial charge in [-0.1, -0.05) is 19.9 Å². The van der Waals surface area contributed by atoms with E-state index in [1.54, 1.807) is 0 Å². The maximum atomic E-state index is 11.9. The minimum Gasteiger partial charge on any atom is -0.508 e. The molecule has 3 aliphatic carbocycles. The van der Waals surface area contributed by atoms with E-state index in [0.29, 0.717) is 17.6 Å². The van der Waals surface area contributed by atoms with Crippen LogP contribution in [0.4, 0.5) is 0 Å². The second-order valence-corrected chi connectivity index (χ2v) is 28.4. The molecule has 21 saturated heterocycles. The molecule has 21 aliphatic heterocycles. The number of hydrogen-bond donors (Lipinski definition) is 22. The first kappa shape index (κ1) is 79.6. The van der Waals surface area contributed by atoms with E-state index >= 15 is 0 Å². The Kier molecular flexibility index (Phi) is 26.8. The monoisotopic (exact) mass is 1460 g/mol. The van der Waals surface area contributed by atoms with Crippen LogP contribution in [0.5, 0.6) is 5.75 Å². The van der Waals surface area contributed by atoms with Crippen molar-refractivity contribution in [2.24, 2.45) is 23.2 Å². The highest BCUT2D eigenvalue weighted by atomic mass is 16.8. The van der Waals surface area contributed by atoms with E-state index in [1.165, 1.54) is 37.3 Å². The first-order valence-electron chi connectivity index (χ1n) is 34.6. The smallest absolute Gasteiger partial charge is 0.187 e. The summed E-state index contributed by atoms with van der Waals surface area (Å²) in [5.74, 6) is 1.32. The zero-order chi connectivity index (χ0) is 72.8. The van der Waals surface area contributed by atoms with Crippen molar-refractivity contribution in [3.8, 4) is 5.75 Å². The number of benzene rings is 1. The number of aromatic hydroxyl groups is 1. The maximum absolute atomic E-state index is 11.9. The van der Waals surface area contributed by atoms with Crippen LogP contribution in [0.25, 0.3) is 0 Å². The Morgan fingerprint density at radius 2 is 0.743 bits per heavy atom. The number of fused-ring (bicyclic) bond motifs is 5. The van der Waals surface area contributed by atoms with Gasteiger partial charge in [-0.2, -0.15) is 0 Å². The fraction of sp³-hybridized carbons (Fsp3) is 0.906. The Labute approximate surface area is 579 Å². The summed E-state index contributed by atoms with van der Waals surface area (Å²) in [6, 6.07) is 5.96. The van der Waals surface area contributed by atoms with Crippen LogP contribution in [-0.2, 0) is 77.5 Å². The number of hydrogen-bond acceptors (Lipinski definition) is 37. The van der Waals surface area contributed by atoms with E-state index in [9.17, 15) is 112 Å². The Bertz CT molecular complexity index is 2740. The van der Waals surface area contributed by atoms with Crippen LogP contribution < -0.4 is 0 Å². The Morgan fingerprint density at radius 3 is 1.13 bits per heavy atom. The molecule has 1 aromatic carbocycles. The number of phenolic OH excluding ortho intramolecular Hbond substituents is 1. The van der Waals surface area contributed by atoms with Gasteiger partial charge < -0.3 is 183 Å². The van der Waals surface area contributed by atoms with Crippen LogP contribution in [0.1, 0.15) is 69.4 Å². The van der Waals surface area contributed by atoms with Crippen LogP contribution in [0.2, 0.25) is 0 Å². The minimum atomic E-state index is -2.20. The molecule has 21 heterocycles. The molecule has 1 aromatic rings.